The normalized spacial score (nSPS) is 20.1. The zero-order valence-electron chi connectivity index (χ0n) is 10.7. The number of hydrogen-bond acceptors (Lipinski definition) is 3. The van der Waals surface area contributed by atoms with Gasteiger partial charge in [0.05, 0.1) is 6.26 Å². The Morgan fingerprint density at radius 2 is 2.10 bits per heavy atom. The third-order valence-electron chi connectivity index (χ3n) is 3.27. The number of hydrogen-bond donors (Lipinski definition) is 0. The summed E-state index contributed by atoms with van der Waals surface area (Å²) >= 11 is 8.03. The molecular formula is C15H14ClNO2S. The van der Waals surface area contributed by atoms with Crippen LogP contribution in [-0.4, -0.2) is 23.1 Å². The molecule has 1 aromatic heterocycles. The zero-order valence-corrected chi connectivity index (χ0v) is 12.3. The molecule has 20 heavy (non-hydrogen) atoms. The highest BCUT2D eigenvalue weighted by Gasteiger charge is 2.35. The van der Waals surface area contributed by atoms with Crippen LogP contribution in [0.5, 0.6) is 0 Å². The van der Waals surface area contributed by atoms with E-state index in [1.54, 1.807) is 22.9 Å². The van der Waals surface area contributed by atoms with Gasteiger partial charge in [0.2, 0.25) is 5.91 Å². The summed E-state index contributed by atoms with van der Waals surface area (Å²) in [5, 5.41) is -0.713. The molecule has 5 heteroatoms. The molecule has 0 radical (unpaired) electrons. The summed E-state index contributed by atoms with van der Waals surface area (Å²) in [7, 11) is 0. The Hall–Kier alpha value is -1.39. The first-order valence-electron chi connectivity index (χ1n) is 6.42. The van der Waals surface area contributed by atoms with Gasteiger partial charge in [-0.2, -0.15) is 0 Å². The van der Waals surface area contributed by atoms with Gasteiger partial charge in [0.1, 0.15) is 16.5 Å². The molecule has 1 saturated heterocycles. The molecule has 104 valence electrons. The highest BCUT2D eigenvalue weighted by Crippen LogP contribution is 2.40. The molecule has 1 amide bonds. The predicted octanol–water partition coefficient (Wildman–Crippen LogP) is 3.83. The zero-order chi connectivity index (χ0) is 13.9. The number of halogens is 1. The molecule has 2 heterocycles. The van der Waals surface area contributed by atoms with Crippen molar-refractivity contribution >= 4 is 29.3 Å². The number of amides is 1. The fourth-order valence-corrected chi connectivity index (χ4v) is 3.76. The van der Waals surface area contributed by atoms with Gasteiger partial charge in [-0.15, -0.1) is 23.4 Å². The van der Waals surface area contributed by atoms with Crippen molar-refractivity contribution in [1.29, 1.82) is 0 Å². The van der Waals surface area contributed by atoms with Crippen molar-refractivity contribution in [1.82, 2.24) is 4.90 Å². The molecule has 2 atom stereocenters. The van der Waals surface area contributed by atoms with Crippen LogP contribution in [0.4, 0.5) is 0 Å². The van der Waals surface area contributed by atoms with Crippen LogP contribution in [0, 0.1) is 0 Å². The molecular weight excluding hydrogens is 294 g/mol. The smallest absolute Gasteiger partial charge is 0.246 e. The minimum absolute atomic E-state index is 0.0655. The van der Waals surface area contributed by atoms with E-state index >= 15 is 0 Å². The maximum Gasteiger partial charge on any atom is 0.246 e. The Labute approximate surface area is 126 Å². The number of nitrogens with zero attached hydrogens (tertiary/aromatic N) is 1. The van der Waals surface area contributed by atoms with Crippen molar-refractivity contribution in [3.8, 4) is 0 Å². The summed E-state index contributed by atoms with van der Waals surface area (Å²) < 4.78 is 5.43. The molecule has 0 spiro atoms. The van der Waals surface area contributed by atoms with E-state index in [2.05, 4.69) is 0 Å². The van der Waals surface area contributed by atoms with Crippen LogP contribution in [0.1, 0.15) is 22.1 Å². The van der Waals surface area contributed by atoms with E-state index in [9.17, 15) is 4.79 Å². The van der Waals surface area contributed by atoms with Gasteiger partial charge < -0.3 is 9.32 Å². The first kappa shape index (κ1) is 13.6. The molecule has 0 N–H and O–H groups in total. The van der Waals surface area contributed by atoms with Crippen molar-refractivity contribution in [2.75, 3.05) is 12.3 Å². The second-order valence-corrected chi connectivity index (χ2v) is 6.17. The molecule has 0 bridgehead atoms. The van der Waals surface area contributed by atoms with Crippen LogP contribution in [0.25, 0.3) is 0 Å². The third kappa shape index (κ3) is 2.58. The van der Waals surface area contributed by atoms with Crippen molar-refractivity contribution in [2.45, 2.75) is 10.8 Å². The van der Waals surface area contributed by atoms with Crippen LogP contribution in [-0.2, 0) is 4.79 Å². The van der Waals surface area contributed by atoms with E-state index in [0.29, 0.717) is 6.54 Å². The lowest BCUT2D eigenvalue weighted by atomic mass is 10.1. The van der Waals surface area contributed by atoms with Gasteiger partial charge in [0.15, 0.2) is 0 Å². The van der Waals surface area contributed by atoms with Crippen LogP contribution in [0.2, 0.25) is 0 Å². The number of benzene rings is 1. The number of carbonyl (C=O) groups is 1. The first-order chi connectivity index (χ1) is 9.77. The Bertz CT molecular complexity index is 573. The number of alkyl halides is 1. The van der Waals surface area contributed by atoms with E-state index in [4.69, 9.17) is 16.0 Å². The molecule has 0 aliphatic carbocycles. The summed E-state index contributed by atoms with van der Waals surface area (Å²) in [6.45, 7) is 0.699. The topological polar surface area (TPSA) is 33.5 Å². The lowest BCUT2D eigenvalue weighted by molar-refractivity contribution is -0.131. The summed E-state index contributed by atoms with van der Waals surface area (Å²) in [6.07, 6.45) is 1.63. The Balaban J connectivity index is 1.79. The molecule has 3 rings (SSSR count). The summed E-state index contributed by atoms with van der Waals surface area (Å²) in [6, 6.07) is 13.2. The van der Waals surface area contributed by atoms with E-state index in [1.165, 1.54) is 0 Å². The fourth-order valence-electron chi connectivity index (χ4n) is 2.27. The summed E-state index contributed by atoms with van der Waals surface area (Å²) in [5.41, 5.74) is 0.828. The predicted molar refractivity (Wildman–Crippen MR) is 80.7 cm³/mol. The van der Waals surface area contributed by atoms with Gasteiger partial charge in [-0.05, 0) is 17.7 Å². The Morgan fingerprint density at radius 3 is 2.80 bits per heavy atom. The SMILES string of the molecule is O=C([C@@H](Cl)c1ccccc1)N1CCS[C@H]1c1ccco1. The molecule has 1 aromatic carbocycles. The van der Waals surface area contributed by atoms with E-state index in [1.807, 2.05) is 42.5 Å². The first-order valence-corrected chi connectivity index (χ1v) is 7.90. The molecule has 0 unspecified atom stereocenters. The van der Waals surface area contributed by atoms with Crippen molar-refractivity contribution in [3.05, 3.63) is 60.1 Å². The van der Waals surface area contributed by atoms with Crippen molar-refractivity contribution < 1.29 is 9.21 Å². The lowest BCUT2D eigenvalue weighted by Crippen LogP contribution is -2.32. The molecule has 1 fully saturated rings. The molecule has 3 nitrogen and oxygen atoms in total. The average Bonchev–Trinajstić information content (AvgIpc) is 3.16. The second kappa shape index (κ2) is 5.94. The molecule has 0 saturated carbocycles. The number of rotatable bonds is 3. The second-order valence-electron chi connectivity index (χ2n) is 4.54. The summed E-state index contributed by atoms with van der Waals surface area (Å²) in [5.74, 6) is 1.64. The van der Waals surface area contributed by atoms with E-state index in [0.717, 1.165) is 17.1 Å². The van der Waals surface area contributed by atoms with Crippen LogP contribution < -0.4 is 0 Å². The van der Waals surface area contributed by atoms with E-state index < -0.39 is 5.38 Å². The van der Waals surface area contributed by atoms with Crippen molar-refractivity contribution in [3.63, 3.8) is 0 Å². The quantitative estimate of drug-likeness (QED) is 0.808. The maximum atomic E-state index is 12.6. The fraction of sp³-hybridized carbons (Fsp3) is 0.267. The van der Waals surface area contributed by atoms with Gasteiger partial charge in [-0.3, -0.25) is 4.79 Å². The lowest BCUT2D eigenvalue weighted by Gasteiger charge is -2.24. The minimum atomic E-state index is -0.646. The highest BCUT2D eigenvalue weighted by atomic mass is 35.5. The highest BCUT2D eigenvalue weighted by molar-refractivity contribution is 7.99. The monoisotopic (exact) mass is 307 g/mol. The van der Waals surface area contributed by atoms with Gasteiger partial charge in [0, 0.05) is 12.3 Å². The van der Waals surface area contributed by atoms with Gasteiger partial charge in [0.25, 0.3) is 0 Å². The minimum Gasteiger partial charge on any atom is -0.466 e. The number of thioether (sulfide) groups is 1. The molecule has 1 aliphatic rings. The van der Waals surface area contributed by atoms with Gasteiger partial charge in [-0.25, -0.2) is 0 Å². The number of furan rings is 1. The van der Waals surface area contributed by atoms with Gasteiger partial charge >= 0.3 is 0 Å². The van der Waals surface area contributed by atoms with Crippen LogP contribution in [0.3, 0.4) is 0 Å². The largest absolute Gasteiger partial charge is 0.466 e. The standard InChI is InChI=1S/C15H14ClNO2S/c16-13(11-5-2-1-3-6-11)14(18)17-8-10-20-15(17)12-7-4-9-19-12/h1-7,9,13,15H,8,10H2/t13-,15-/m0/s1. The average molecular weight is 308 g/mol. The maximum absolute atomic E-state index is 12.6. The van der Waals surface area contributed by atoms with Crippen LogP contribution >= 0.6 is 23.4 Å². The Morgan fingerprint density at radius 1 is 1.30 bits per heavy atom. The molecule has 2 aromatic rings. The van der Waals surface area contributed by atoms with Gasteiger partial charge in [-0.1, -0.05) is 30.3 Å². The Kier molecular flexibility index (Phi) is 4.03. The number of carbonyl (C=O) groups excluding carboxylic acids is 1. The van der Waals surface area contributed by atoms with Crippen LogP contribution in [0.15, 0.2) is 53.1 Å². The summed E-state index contributed by atoms with van der Waals surface area (Å²) in [4.78, 5) is 14.4. The third-order valence-corrected chi connectivity index (χ3v) is 4.93. The molecule has 1 aliphatic heterocycles. The van der Waals surface area contributed by atoms with Crippen molar-refractivity contribution in [2.24, 2.45) is 0 Å². The van der Waals surface area contributed by atoms with E-state index in [-0.39, 0.29) is 11.3 Å².